The van der Waals surface area contributed by atoms with Gasteiger partial charge in [-0.25, -0.2) is 9.59 Å². The topological polar surface area (TPSA) is 128 Å². The Bertz CT molecular complexity index is 1080. The van der Waals surface area contributed by atoms with E-state index in [-0.39, 0.29) is 36.0 Å². The van der Waals surface area contributed by atoms with E-state index in [1.807, 2.05) is 12.2 Å². The number of phenols is 1. The number of aromatic carboxylic acids is 1. The standard InChI is InChI=1S/C32H43N3O5/c1-2-3-4-5-6-7-8-9-10-11-12-13-14-15-16-17-18-19-20-21-30(37)33-24-25-34-32(40)35-27-22-23-29(36)28(26-27)31(38)39/h3-4,6-7,9-10,12-13,15-16,18-19,22-23,26,36H,2,5,8,11,14,17,20-21,24-25H2,1H3,(H,33,37)(H,38,39)(H2,34,35,40)/b4-3-,7-6-,10-9-,13-12-,16-15-,19-18-. The molecular weight excluding hydrogens is 506 g/mol. The molecule has 0 bridgehead atoms. The summed E-state index contributed by atoms with van der Waals surface area (Å²) in [6.45, 7) is 2.62. The van der Waals surface area contributed by atoms with Gasteiger partial charge in [0.2, 0.25) is 5.91 Å². The molecule has 0 unspecified atom stereocenters. The Morgan fingerprint density at radius 2 is 1.23 bits per heavy atom. The van der Waals surface area contributed by atoms with Gasteiger partial charge in [0.15, 0.2) is 0 Å². The number of aromatic hydroxyl groups is 1. The van der Waals surface area contributed by atoms with Gasteiger partial charge in [0.1, 0.15) is 11.3 Å². The van der Waals surface area contributed by atoms with E-state index in [1.165, 1.54) is 12.1 Å². The third-order valence-corrected chi connectivity index (χ3v) is 5.35. The van der Waals surface area contributed by atoms with Gasteiger partial charge in [-0.15, -0.1) is 0 Å². The number of nitrogens with one attached hydrogen (secondary N) is 3. The van der Waals surface area contributed by atoms with Crippen molar-refractivity contribution in [2.45, 2.75) is 58.3 Å². The van der Waals surface area contributed by atoms with Crippen LogP contribution in [0.2, 0.25) is 0 Å². The normalized spacial score (nSPS) is 12.0. The fraction of sp³-hybridized carbons (Fsp3) is 0.344. The second-order valence-corrected chi connectivity index (χ2v) is 8.72. The molecule has 5 N–H and O–H groups in total. The van der Waals surface area contributed by atoms with Gasteiger partial charge in [0.25, 0.3) is 0 Å². The zero-order valence-electron chi connectivity index (χ0n) is 23.4. The predicted octanol–water partition coefficient (Wildman–Crippen LogP) is 6.81. The smallest absolute Gasteiger partial charge is 0.339 e. The number of urea groups is 1. The van der Waals surface area contributed by atoms with Gasteiger partial charge in [0.05, 0.1) is 0 Å². The van der Waals surface area contributed by atoms with Gasteiger partial charge in [0, 0.05) is 25.2 Å². The summed E-state index contributed by atoms with van der Waals surface area (Å²) >= 11 is 0. The third kappa shape index (κ3) is 18.0. The van der Waals surface area contributed by atoms with Gasteiger partial charge in [-0.2, -0.15) is 0 Å². The first kappa shape index (κ1) is 33.7. The number of amides is 3. The van der Waals surface area contributed by atoms with Gasteiger partial charge in [-0.05, 0) is 63.1 Å². The van der Waals surface area contributed by atoms with Crippen LogP contribution in [-0.2, 0) is 4.79 Å². The number of anilines is 1. The van der Waals surface area contributed by atoms with Gasteiger partial charge < -0.3 is 26.2 Å². The molecule has 216 valence electrons. The van der Waals surface area contributed by atoms with Gasteiger partial charge in [-0.3, -0.25) is 4.79 Å². The summed E-state index contributed by atoms with van der Waals surface area (Å²) in [6, 6.07) is 3.19. The van der Waals surface area contributed by atoms with Crippen LogP contribution in [0.4, 0.5) is 10.5 Å². The van der Waals surface area contributed by atoms with Crippen molar-refractivity contribution < 1.29 is 24.6 Å². The lowest BCUT2D eigenvalue weighted by Crippen LogP contribution is -2.36. The minimum atomic E-state index is -1.30. The Hall–Kier alpha value is -4.33. The Morgan fingerprint density at radius 3 is 1.75 bits per heavy atom. The molecule has 3 amide bonds. The number of carboxylic acid groups (broad SMARTS) is 1. The molecule has 0 spiro atoms. The molecule has 0 atom stereocenters. The fourth-order valence-corrected chi connectivity index (χ4v) is 3.28. The van der Waals surface area contributed by atoms with Crippen LogP contribution in [0.25, 0.3) is 0 Å². The van der Waals surface area contributed by atoms with Crippen molar-refractivity contribution >= 4 is 23.6 Å². The summed E-state index contributed by atoms with van der Waals surface area (Å²) in [5.74, 6) is -1.79. The first-order valence-corrected chi connectivity index (χ1v) is 13.7. The van der Waals surface area contributed by atoms with Crippen LogP contribution < -0.4 is 16.0 Å². The molecular formula is C32H43N3O5. The van der Waals surface area contributed by atoms with Crippen molar-refractivity contribution in [3.63, 3.8) is 0 Å². The summed E-state index contributed by atoms with van der Waals surface area (Å²) in [7, 11) is 0. The van der Waals surface area contributed by atoms with Crippen molar-refractivity contribution in [2.24, 2.45) is 0 Å². The molecule has 1 rings (SSSR count). The zero-order valence-corrected chi connectivity index (χ0v) is 23.4. The number of carbonyl (C=O) groups excluding carboxylic acids is 2. The van der Waals surface area contributed by atoms with Crippen molar-refractivity contribution in [3.8, 4) is 5.75 Å². The van der Waals surface area contributed by atoms with Crippen LogP contribution in [-0.4, -0.2) is 41.2 Å². The Labute approximate surface area is 238 Å². The Balaban J connectivity index is 2.04. The SMILES string of the molecule is CC/C=C\C/C=C\C/C=C\C/C=C\C/C=C\C/C=C\CCC(=O)NCCNC(=O)Nc1ccc(O)c(C(=O)O)c1. The Kier molecular flexibility index (Phi) is 19.1. The molecule has 0 radical (unpaired) electrons. The maximum Gasteiger partial charge on any atom is 0.339 e. The van der Waals surface area contributed by atoms with Crippen LogP contribution in [0.5, 0.6) is 5.75 Å². The second-order valence-electron chi connectivity index (χ2n) is 8.72. The molecule has 1 aromatic carbocycles. The van der Waals surface area contributed by atoms with Gasteiger partial charge in [-0.1, -0.05) is 79.8 Å². The third-order valence-electron chi connectivity index (χ3n) is 5.35. The molecule has 0 heterocycles. The summed E-state index contributed by atoms with van der Waals surface area (Å²) in [6.07, 6.45) is 32.4. The first-order valence-electron chi connectivity index (χ1n) is 13.7. The molecule has 0 aliphatic heterocycles. The lowest BCUT2D eigenvalue weighted by Gasteiger charge is -2.09. The molecule has 8 heteroatoms. The van der Waals surface area contributed by atoms with E-state index < -0.39 is 12.0 Å². The average Bonchev–Trinajstić information content (AvgIpc) is 2.93. The summed E-state index contributed by atoms with van der Waals surface area (Å²) in [5, 5.41) is 26.3. The average molecular weight is 550 g/mol. The van der Waals surface area contributed by atoms with Crippen LogP contribution in [0.1, 0.15) is 68.6 Å². The molecule has 0 aromatic heterocycles. The molecule has 1 aromatic rings. The van der Waals surface area contributed by atoms with Crippen LogP contribution >= 0.6 is 0 Å². The molecule has 0 aliphatic rings. The fourth-order valence-electron chi connectivity index (χ4n) is 3.28. The first-order chi connectivity index (χ1) is 19.4. The monoisotopic (exact) mass is 549 g/mol. The van der Waals surface area contributed by atoms with Gasteiger partial charge >= 0.3 is 12.0 Å². The van der Waals surface area contributed by atoms with E-state index in [9.17, 15) is 19.5 Å². The summed E-state index contributed by atoms with van der Waals surface area (Å²) < 4.78 is 0. The maximum atomic E-state index is 11.9. The minimum Gasteiger partial charge on any atom is -0.507 e. The number of carbonyl (C=O) groups is 3. The zero-order chi connectivity index (χ0) is 29.3. The van der Waals surface area contributed by atoms with E-state index in [0.717, 1.165) is 44.6 Å². The van der Waals surface area contributed by atoms with Crippen molar-refractivity contribution in [3.05, 3.63) is 96.7 Å². The molecule has 8 nitrogen and oxygen atoms in total. The minimum absolute atomic E-state index is 0.105. The van der Waals surface area contributed by atoms with E-state index in [1.54, 1.807) is 0 Å². The maximum absolute atomic E-state index is 11.9. The number of allylic oxidation sites excluding steroid dienone is 12. The summed E-state index contributed by atoms with van der Waals surface area (Å²) in [4.78, 5) is 34.9. The number of hydrogen-bond donors (Lipinski definition) is 5. The van der Waals surface area contributed by atoms with Crippen LogP contribution in [0.15, 0.2) is 91.1 Å². The highest BCUT2D eigenvalue weighted by molar-refractivity contribution is 5.95. The predicted molar refractivity (Wildman–Crippen MR) is 163 cm³/mol. The van der Waals surface area contributed by atoms with Crippen molar-refractivity contribution in [1.82, 2.24) is 10.6 Å². The lowest BCUT2D eigenvalue weighted by molar-refractivity contribution is -0.120. The van der Waals surface area contributed by atoms with E-state index in [4.69, 9.17) is 5.11 Å². The summed E-state index contributed by atoms with van der Waals surface area (Å²) in [5.41, 5.74) is -0.0786. The van der Waals surface area contributed by atoms with E-state index in [0.29, 0.717) is 12.8 Å². The van der Waals surface area contributed by atoms with Crippen LogP contribution in [0.3, 0.4) is 0 Å². The molecule has 0 aliphatic carbocycles. The molecule has 0 fully saturated rings. The molecule has 0 saturated heterocycles. The quantitative estimate of drug-likeness (QED) is 0.0736. The van der Waals surface area contributed by atoms with Crippen molar-refractivity contribution in [2.75, 3.05) is 18.4 Å². The highest BCUT2D eigenvalue weighted by Gasteiger charge is 2.11. The molecule has 0 saturated carbocycles. The number of rotatable bonds is 19. The Morgan fingerprint density at radius 1 is 0.725 bits per heavy atom. The van der Waals surface area contributed by atoms with E-state index >= 15 is 0 Å². The lowest BCUT2D eigenvalue weighted by atomic mass is 10.2. The van der Waals surface area contributed by atoms with Crippen molar-refractivity contribution in [1.29, 1.82) is 0 Å². The number of hydrogen-bond acceptors (Lipinski definition) is 4. The second kappa shape index (κ2) is 22.6. The van der Waals surface area contributed by atoms with E-state index in [2.05, 4.69) is 83.6 Å². The number of benzene rings is 1. The molecule has 40 heavy (non-hydrogen) atoms. The largest absolute Gasteiger partial charge is 0.507 e. The number of carboxylic acids is 1. The van der Waals surface area contributed by atoms with Crippen LogP contribution in [0, 0.1) is 0 Å². The highest BCUT2D eigenvalue weighted by atomic mass is 16.4. The highest BCUT2D eigenvalue weighted by Crippen LogP contribution is 2.21.